The van der Waals surface area contributed by atoms with Crippen LogP contribution in [0.3, 0.4) is 0 Å². The first-order valence-corrected chi connectivity index (χ1v) is 6.36. The van der Waals surface area contributed by atoms with Crippen molar-refractivity contribution in [2.24, 2.45) is 5.10 Å². The number of benzene rings is 1. The minimum absolute atomic E-state index is 0.126. The van der Waals surface area contributed by atoms with Crippen molar-refractivity contribution in [3.05, 3.63) is 23.8 Å². The summed E-state index contributed by atoms with van der Waals surface area (Å²) in [4.78, 5) is 11.4. The average molecular weight is 316 g/mol. The third-order valence-electron chi connectivity index (χ3n) is 2.17. The van der Waals surface area contributed by atoms with E-state index in [1.807, 2.05) is 0 Å². The number of halogens is 2. The first-order chi connectivity index (χ1) is 10.2. The van der Waals surface area contributed by atoms with E-state index in [1.165, 1.54) is 25.5 Å². The second-order valence-electron chi connectivity index (χ2n) is 5.16. The number of carbonyl (C=O) groups excluding carboxylic acids is 1. The lowest BCUT2D eigenvalue weighted by molar-refractivity contribution is -0.0512. The Morgan fingerprint density at radius 3 is 2.55 bits per heavy atom. The Balaban J connectivity index is 2.73. The van der Waals surface area contributed by atoms with Gasteiger partial charge in [-0.05, 0) is 44.5 Å². The summed E-state index contributed by atoms with van der Waals surface area (Å²) in [6.45, 7) is 2.18. The van der Waals surface area contributed by atoms with E-state index in [0.717, 1.165) is 0 Å². The fraction of sp³-hybridized carbons (Fsp3) is 0.429. The van der Waals surface area contributed by atoms with Crippen molar-refractivity contribution < 1.29 is 27.8 Å². The molecule has 0 heterocycles. The van der Waals surface area contributed by atoms with Crippen LogP contribution in [-0.4, -0.2) is 31.6 Å². The summed E-state index contributed by atoms with van der Waals surface area (Å²) in [7, 11) is 1.34. The molecule has 0 saturated heterocycles. The summed E-state index contributed by atoms with van der Waals surface area (Å²) in [6.07, 6.45) is 0.545. The minimum atomic E-state index is -2.97. The molecule has 1 aromatic rings. The lowest BCUT2D eigenvalue weighted by Gasteiger charge is -2.18. The molecule has 0 aliphatic heterocycles. The van der Waals surface area contributed by atoms with Gasteiger partial charge in [-0.15, -0.1) is 0 Å². The standard InChI is InChI=1S/C14H18F2N2O4/c1-14(2,3)22-13(19)18-17-8-9-5-6-10(20-4)11(7-9)21-12(15)16/h5-8,12H,1-4H3,(H,18,19)/b17-8-. The van der Waals surface area contributed by atoms with Crippen LogP contribution in [0, 0.1) is 0 Å². The zero-order chi connectivity index (χ0) is 16.8. The Kier molecular flexibility index (Phi) is 6.09. The van der Waals surface area contributed by atoms with E-state index in [-0.39, 0.29) is 11.5 Å². The van der Waals surface area contributed by atoms with E-state index >= 15 is 0 Å². The van der Waals surface area contributed by atoms with Crippen molar-refractivity contribution in [3.63, 3.8) is 0 Å². The Morgan fingerprint density at radius 1 is 1.32 bits per heavy atom. The molecule has 22 heavy (non-hydrogen) atoms. The van der Waals surface area contributed by atoms with Gasteiger partial charge in [-0.25, -0.2) is 10.2 Å². The Labute approximate surface area is 127 Å². The van der Waals surface area contributed by atoms with Gasteiger partial charge < -0.3 is 14.2 Å². The number of nitrogens with one attached hydrogen (secondary N) is 1. The molecule has 6 nitrogen and oxygen atoms in total. The third kappa shape index (κ3) is 6.38. The number of ether oxygens (including phenoxy) is 3. The predicted octanol–water partition coefficient (Wildman–Crippen LogP) is 3.16. The maximum atomic E-state index is 12.3. The molecule has 0 aliphatic rings. The lowest BCUT2D eigenvalue weighted by atomic mass is 10.2. The molecule has 1 N–H and O–H groups in total. The highest BCUT2D eigenvalue weighted by molar-refractivity contribution is 5.82. The van der Waals surface area contributed by atoms with Crippen LogP contribution in [0.2, 0.25) is 0 Å². The van der Waals surface area contributed by atoms with Gasteiger partial charge >= 0.3 is 12.7 Å². The number of alkyl halides is 2. The summed E-state index contributed by atoms with van der Waals surface area (Å²) in [5.74, 6) is 0.0382. The number of methoxy groups -OCH3 is 1. The van der Waals surface area contributed by atoms with Crippen LogP contribution in [-0.2, 0) is 4.74 Å². The van der Waals surface area contributed by atoms with Crippen molar-refractivity contribution in [2.45, 2.75) is 33.0 Å². The van der Waals surface area contributed by atoms with Gasteiger partial charge in [0.05, 0.1) is 13.3 Å². The quantitative estimate of drug-likeness (QED) is 0.669. The van der Waals surface area contributed by atoms with Crippen LogP contribution in [0.4, 0.5) is 13.6 Å². The Morgan fingerprint density at radius 2 is 2.00 bits per heavy atom. The number of carbonyl (C=O) groups is 1. The normalized spacial score (nSPS) is 11.6. The van der Waals surface area contributed by atoms with E-state index in [0.29, 0.717) is 5.56 Å². The molecule has 0 bridgehead atoms. The molecule has 1 aromatic carbocycles. The molecule has 8 heteroatoms. The van der Waals surface area contributed by atoms with E-state index in [9.17, 15) is 13.6 Å². The van der Waals surface area contributed by atoms with Gasteiger partial charge in [0, 0.05) is 0 Å². The number of hydrazone groups is 1. The molecular weight excluding hydrogens is 298 g/mol. The van der Waals surface area contributed by atoms with Gasteiger partial charge in [0.15, 0.2) is 11.5 Å². The Bertz CT molecular complexity index is 542. The van der Waals surface area contributed by atoms with Crippen LogP contribution in [0.15, 0.2) is 23.3 Å². The summed E-state index contributed by atoms with van der Waals surface area (Å²) < 4.78 is 38.8. The van der Waals surface area contributed by atoms with Crippen molar-refractivity contribution in [1.29, 1.82) is 0 Å². The minimum Gasteiger partial charge on any atom is -0.493 e. The van der Waals surface area contributed by atoms with Gasteiger partial charge in [-0.2, -0.15) is 13.9 Å². The lowest BCUT2D eigenvalue weighted by Crippen LogP contribution is -2.29. The molecule has 0 aromatic heterocycles. The smallest absolute Gasteiger partial charge is 0.428 e. The number of rotatable bonds is 5. The van der Waals surface area contributed by atoms with Crippen LogP contribution in [0.1, 0.15) is 26.3 Å². The first-order valence-electron chi connectivity index (χ1n) is 6.36. The number of hydrogen-bond acceptors (Lipinski definition) is 5. The highest BCUT2D eigenvalue weighted by Crippen LogP contribution is 2.28. The van der Waals surface area contributed by atoms with Gasteiger partial charge in [0.25, 0.3) is 0 Å². The topological polar surface area (TPSA) is 69.2 Å². The fourth-order valence-electron chi connectivity index (χ4n) is 1.42. The summed E-state index contributed by atoms with van der Waals surface area (Å²) in [5, 5.41) is 3.67. The molecule has 0 saturated carbocycles. The number of nitrogens with zero attached hydrogens (tertiary/aromatic N) is 1. The average Bonchev–Trinajstić information content (AvgIpc) is 2.36. The van der Waals surface area contributed by atoms with Crippen molar-refractivity contribution in [1.82, 2.24) is 5.43 Å². The van der Waals surface area contributed by atoms with E-state index in [4.69, 9.17) is 9.47 Å². The molecule has 0 radical (unpaired) electrons. The zero-order valence-corrected chi connectivity index (χ0v) is 12.7. The van der Waals surface area contributed by atoms with Crippen LogP contribution in [0.5, 0.6) is 11.5 Å². The van der Waals surface area contributed by atoms with Crippen molar-refractivity contribution in [3.8, 4) is 11.5 Å². The van der Waals surface area contributed by atoms with Gasteiger partial charge in [0.1, 0.15) is 5.60 Å². The zero-order valence-electron chi connectivity index (χ0n) is 12.7. The first kappa shape index (κ1) is 17.7. The highest BCUT2D eigenvalue weighted by Gasteiger charge is 2.15. The molecule has 0 aliphatic carbocycles. The Hall–Kier alpha value is -2.38. The largest absolute Gasteiger partial charge is 0.493 e. The number of amides is 1. The van der Waals surface area contributed by atoms with Gasteiger partial charge in [-0.1, -0.05) is 0 Å². The van der Waals surface area contributed by atoms with Gasteiger partial charge in [0.2, 0.25) is 0 Å². The summed E-state index contributed by atoms with van der Waals surface area (Å²) in [6, 6.07) is 4.33. The molecular formula is C14H18F2N2O4. The number of hydrogen-bond donors (Lipinski definition) is 1. The van der Waals surface area contributed by atoms with E-state index in [1.54, 1.807) is 26.8 Å². The molecule has 0 atom stereocenters. The van der Waals surface area contributed by atoms with E-state index < -0.39 is 18.3 Å². The second-order valence-corrected chi connectivity index (χ2v) is 5.16. The monoisotopic (exact) mass is 316 g/mol. The molecule has 1 rings (SSSR count). The maximum Gasteiger partial charge on any atom is 0.428 e. The van der Waals surface area contributed by atoms with Crippen LogP contribution < -0.4 is 14.9 Å². The SMILES string of the molecule is COc1ccc(/C=N\NC(=O)OC(C)(C)C)cc1OC(F)F. The summed E-state index contributed by atoms with van der Waals surface area (Å²) in [5.41, 5.74) is 1.96. The third-order valence-corrected chi connectivity index (χ3v) is 2.17. The maximum absolute atomic E-state index is 12.3. The predicted molar refractivity (Wildman–Crippen MR) is 76.6 cm³/mol. The van der Waals surface area contributed by atoms with Crippen LogP contribution in [0.25, 0.3) is 0 Å². The molecule has 0 spiro atoms. The highest BCUT2D eigenvalue weighted by atomic mass is 19.3. The van der Waals surface area contributed by atoms with Gasteiger partial charge in [-0.3, -0.25) is 0 Å². The van der Waals surface area contributed by atoms with E-state index in [2.05, 4.69) is 15.3 Å². The van der Waals surface area contributed by atoms with Crippen LogP contribution >= 0.6 is 0 Å². The molecule has 1 amide bonds. The molecule has 122 valence electrons. The fourth-order valence-corrected chi connectivity index (χ4v) is 1.42. The van der Waals surface area contributed by atoms with Crippen molar-refractivity contribution >= 4 is 12.3 Å². The molecule has 0 unspecified atom stereocenters. The van der Waals surface area contributed by atoms with Crippen molar-refractivity contribution in [2.75, 3.05) is 7.11 Å². The summed E-state index contributed by atoms with van der Waals surface area (Å²) >= 11 is 0. The molecule has 0 fully saturated rings. The second kappa shape index (κ2) is 7.58.